The SMILES string of the molecule is O=C(O)c1cnc(N2CCCC2c2cccc(F)c2)nc1CCc1ccccc1. The smallest absolute Gasteiger partial charge is 0.339 e. The lowest BCUT2D eigenvalue weighted by molar-refractivity contribution is 0.0694. The maximum absolute atomic E-state index is 13.7. The van der Waals surface area contributed by atoms with Gasteiger partial charge in [0.25, 0.3) is 0 Å². The molecule has 0 bridgehead atoms. The summed E-state index contributed by atoms with van der Waals surface area (Å²) in [6.45, 7) is 0.756. The van der Waals surface area contributed by atoms with E-state index in [1.165, 1.54) is 12.3 Å². The van der Waals surface area contributed by atoms with Crippen molar-refractivity contribution < 1.29 is 14.3 Å². The predicted molar refractivity (Wildman–Crippen MR) is 109 cm³/mol. The second-order valence-corrected chi connectivity index (χ2v) is 7.23. The van der Waals surface area contributed by atoms with Crippen LogP contribution < -0.4 is 4.90 Å². The highest BCUT2D eigenvalue weighted by molar-refractivity contribution is 5.88. The zero-order valence-electron chi connectivity index (χ0n) is 16.0. The van der Waals surface area contributed by atoms with E-state index in [4.69, 9.17) is 0 Å². The zero-order chi connectivity index (χ0) is 20.2. The summed E-state index contributed by atoms with van der Waals surface area (Å²) in [5.74, 6) is -0.785. The second kappa shape index (κ2) is 8.39. The van der Waals surface area contributed by atoms with Crippen molar-refractivity contribution >= 4 is 11.9 Å². The molecule has 0 aliphatic carbocycles. The van der Waals surface area contributed by atoms with Crippen LogP contribution in [0.3, 0.4) is 0 Å². The number of rotatable bonds is 6. The lowest BCUT2D eigenvalue weighted by Gasteiger charge is -2.25. The first-order valence-corrected chi connectivity index (χ1v) is 9.77. The number of hydrogen-bond acceptors (Lipinski definition) is 4. The van der Waals surface area contributed by atoms with Gasteiger partial charge in [-0.1, -0.05) is 42.5 Å². The average molecular weight is 391 g/mol. The van der Waals surface area contributed by atoms with E-state index in [0.29, 0.717) is 24.5 Å². The third-order valence-electron chi connectivity index (χ3n) is 5.32. The van der Waals surface area contributed by atoms with Crippen molar-refractivity contribution in [2.45, 2.75) is 31.7 Å². The fourth-order valence-corrected chi connectivity index (χ4v) is 3.89. The molecule has 3 aromatic rings. The normalized spacial score (nSPS) is 16.2. The highest BCUT2D eigenvalue weighted by atomic mass is 19.1. The Labute approximate surface area is 168 Å². The number of benzene rings is 2. The Morgan fingerprint density at radius 1 is 1.14 bits per heavy atom. The summed E-state index contributed by atoms with van der Waals surface area (Å²) in [5, 5.41) is 9.54. The lowest BCUT2D eigenvalue weighted by Crippen LogP contribution is -2.25. The van der Waals surface area contributed by atoms with Crippen LogP contribution in [-0.4, -0.2) is 27.6 Å². The molecule has 1 atom stereocenters. The van der Waals surface area contributed by atoms with Crippen molar-refractivity contribution in [2.75, 3.05) is 11.4 Å². The third kappa shape index (κ3) is 4.26. The molecular formula is C23H22FN3O2. The van der Waals surface area contributed by atoms with Gasteiger partial charge in [-0.05, 0) is 48.9 Å². The Morgan fingerprint density at radius 3 is 2.72 bits per heavy atom. The maximum Gasteiger partial charge on any atom is 0.339 e. The Bertz CT molecular complexity index is 1010. The van der Waals surface area contributed by atoms with Gasteiger partial charge in [0, 0.05) is 12.7 Å². The number of aromatic nitrogens is 2. The van der Waals surface area contributed by atoms with Crippen LogP contribution in [0.15, 0.2) is 60.8 Å². The molecule has 1 aromatic heterocycles. The summed E-state index contributed by atoms with van der Waals surface area (Å²) in [6.07, 6.45) is 4.44. The molecule has 1 aliphatic heterocycles. The zero-order valence-corrected chi connectivity index (χ0v) is 16.0. The molecule has 29 heavy (non-hydrogen) atoms. The van der Waals surface area contributed by atoms with E-state index in [1.807, 2.05) is 41.3 Å². The first-order valence-electron chi connectivity index (χ1n) is 9.77. The Kier molecular flexibility index (Phi) is 5.51. The van der Waals surface area contributed by atoms with Gasteiger partial charge in [-0.2, -0.15) is 0 Å². The largest absolute Gasteiger partial charge is 0.478 e. The van der Waals surface area contributed by atoms with E-state index in [9.17, 15) is 14.3 Å². The van der Waals surface area contributed by atoms with Crippen molar-refractivity contribution in [2.24, 2.45) is 0 Å². The van der Waals surface area contributed by atoms with Gasteiger partial charge < -0.3 is 10.0 Å². The van der Waals surface area contributed by atoms with Gasteiger partial charge in [0.05, 0.1) is 17.3 Å². The average Bonchev–Trinajstić information content (AvgIpc) is 3.23. The van der Waals surface area contributed by atoms with Gasteiger partial charge >= 0.3 is 5.97 Å². The van der Waals surface area contributed by atoms with Crippen LogP contribution in [0, 0.1) is 5.82 Å². The van der Waals surface area contributed by atoms with E-state index in [2.05, 4.69) is 9.97 Å². The molecule has 1 fully saturated rings. The van der Waals surface area contributed by atoms with Gasteiger partial charge in [0.1, 0.15) is 5.82 Å². The number of aromatic carboxylic acids is 1. The molecule has 2 aromatic carbocycles. The number of carboxylic acids is 1. The van der Waals surface area contributed by atoms with Crippen molar-refractivity contribution in [3.8, 4) is 0 Å². The minimum atomic E-state index is -1.03. The van der Waals surface area contributed by atoms with Gasteiger partial charge in [-0.15, -0.1) is 0 Å². The van der Waals surface area contributed by atoms with Gasteiger partial charge in [-0.25, -0.2) is 19.2 Å². The number of nitrogens with zero attached hydrogens (tertiary/aromatic N) is 3. The molecule has 5 nitrogen and oxygen atoms in total. The summed E-state index contributed by atoms with van der Waals surface area (Å²) in [6, 6.07) is 16.5. The molecule has 1 unspecified atom stereocenters. The van der Waals surface area contributed by atoms with Crippen LogP contribution >= 0.6 is 0 Å². The quantitative estimate of drug-likeness (QED) is 0.673. The van der Waals surface area contributed by atoms with E-state index >= 15 is 0 Å². The molecule has 1 N–H and O–H groups in total. The van der Waals surface area contributed by atoms with Crippen LogP contribution in [0.4, 0.5) is 10.3 Å². The molecule has 2 heterocycles. The number of halogens is 1. The fraction of sp³-hybridized carbons (Fsp3) is 0.261. The topological polar surface area (TPSA) is 66.3 Å². The van der Waals surface area contributed by atoms with Crippen LogP contribution in [0.25, 0.3) is 0 Å². The standard InChI is InChI=1S/C23H22FN3O2/c24-18-9-4-8-17(14-18)21-10-5-13-27(21)23-25-15-19(22(28)29)20(26-23)12-11-16-6-2-1-3-7-16/h1-4,6-9,14-15,21H,5,10-13H2,(H,28,29). The lowest BCUT2D eigenvalue weighted by atomic mass is 10.0. The molecule has 148 valence electrons. The van der Waals surface area contributed by atoms with E-state index < -0.39 is 5.97 Å². The Hall–Kier alpha value is -3.28. The van der Waals surface area contributed by atoms with E-state index in [-0.39, 0.29) is 17.4 Å². The minimum absolute atomic E-state index is 0.0108. The summed E-state index contributed by atoms with van der Waals surface area (Å²) in [5.41, 5.74) is 2.67. The third-order valence-corrected chi connectivity index (χ3v) is 5.32. The number of carboxylic acid groups (broad SMARTS) is 1. The van der Waals surface area contributed by atoms with Gasteiger partial charge in [0.2, 0.25) is 5.95 Å². The van der Waals surface area contributed by atoms with Crippen LogP contribution in [0.5, 0.6) is 0 Å². The molecule has 1 aliphatic rings. The molecule has 0 saturated carbocycles. The molecule has 4 rings (SSSR count). The highest BCUT2D eigenvalue weighted by Gasteiger charge is 2.29. The predicted octanol–water partition coefficient (Wildman–Crippen LogP) is 4.44. The molecule has 0 amide bonds. The molecule has 0 radical (unpaired) electrons. The Balaban J connectivity index is 1.62. The number of anilines is 1. The number of hydrogen-bond donors (Lipinski definition) is 1. The summed E-state index contributed by atoms with van der Waals surface area (Å²) in [7, 11) is 0. The second-order valence-electron chi connectivity index (χ2n) is 7.23. The highest BCUT2D eigenvalue weighted by Crippen LogP contribution is 2.34. The Morgan fingerprint density at radius 2 is 1.97 bits per heavy atom. The first-order chi connectivity index (χ1) is 14.1. The van der Waals surface area contributed by atoms with Crippen LogP contribution in [-0.2, 0) is 12.8 Å². The van der Waals surface area contributed by atoms with Crippen molar-refractivity contribution in [1.29, 1.82) is 0 Å². The monoisotopic (exact) mass is 391 g/mol. The molecule has 1 saturated heterocycles. The van der Waals surface area contributed by atoms with E-state index in [1.54, 1.807) is 12.1 Å². The van der Waals surface area contributed by atoms with Crippen LogP contribution in [0.2, 0.25) is 0 Å². The number of aryl methyl sites for hydroxylation is 2. The summed E-state index contributed by atoms with van der Waals surface area (Å²) < 4.78 is 13.7. The van der Waals surface area contributed by atoms with Gasteiger partial charge in [0.15, 0.2) is 0 Å². The van der Waals surface area contributed by atoms with Crippen molar-refractivity contribution in [3.63, 3.8) is 0 Å². The van der Waals surface area contributed by atoms with Crippen molar-refractivity contribution in [1.82, 2.24) is 9.97 Å². The fourth-order valence-electron chi connectivity index (χ4n) is 3.89. The molecule has 6 heteroatoms. The summed E-state index contributed by atoms with van der Waals surface area (Å²) >= 11 is 0. The van der Waals surface area contributed by atoms with Crippen molar-refractivity contribution in [3.05, 3.63) is 89.0 Å². The minimum Gasteiger partial charge on any atom is -0.478 e. The maximum atomic E-state index is 13.7. The van der Waals surface area contributed by atoms with E-state index in [0.717, 1.165) is 30.5 Å². The van der Waals surface area contributed by atoms with Gasteiger partial charge in [-0.3, -0.25) is 0 Å². The molecular weight excluding hydrogens is 369 g/mol. The van der Waals surface area contributed by atoms with Crippen LogP contribution in [0.1, 0.15) is 46.1 Å². The molecule has 0 spiro atoms. The summed E-state index contributed by atoms with van der Waals surface area (Å²) in [4.78, 5) is 22.7. The number of carbonyl (C=O) groups is 1. The first kappa shape index (κ1) is 19.1.